The van der Waals surface area contributed by atoms with Crippen molar-refractivity contribution in [1.82, 2.24) is 10.3 Å². The molecule has 126 valence electrons. The van der Waals surface area contributed by atoms with Crippen LogP contribution in [0.15, 0.2) is 36.5 Å². The van der Waals surface area contributed by atoms with E-state index in [9.17, 15) is 4.79 Å². The highest BCUT2D eigenvalue weighted by atomic mass is 16.5. The molecule has 3 rings (SSSR count). The second-order valence-corrected chi connectivity index (χ2v) is 6.25. The maximum absolute atomic E-state index is 12.3. The van der Waals surface area contributed by atoms with E-state index >= 15 is 0 Å². The first-order chi connectivity index (χ1) is 11.6. The van der Waals surface area contributed by atoms with Crippen LogP contribution in [0.5, 0.6) is 11.6 Å². The van der Waals surface area contributed by atoms with Gasteiger partial charge in [-0.1, -0.05) is 12.5 Å². The van der Waals surface area contributed by atoms with Gasteiger partial charge < -0.3 is 15.4 Å². The predicted molar refractivity (Wildman–Crippen MR) is 94.5 cm³/mol. The first-order valence-electron chi connectivity index (χ1n) is 8.37. The topological polar surface area (TPSA) is 63.2 Å². The number of amides is 1. The Morgan fingerprint density at radius 2 is 2.12 bits per heavy atom. The van der Waals surface area contributed by atoms with Gasteiger partial charge in [0, 0.05) is 24.0 Å². The lowest BCUT2D eigenvalue weighted by Crippen LogP contribution is -2.43. The summed E-state index contributed by atoms with van der Waals surface area (Å²) in [5, 5.41) is 6.23. The van der Waals surface area contributed by atoms with Crippen molar-refractivity contribution in [2.45, 2.75) is 39.2 Å². The summed E-state index contributed by atoms with van der Waals surface area (Å²) in [6.07, 6.45) is 4.83. The zero-order valence-corrected chi connectivity index (χ0v) is 14.1. The number of benzene rings is 1. The Bertz CT molecular complexity index is 724. The minimum atomic E-state index is -0.108. The molecule has 1 aromatic heterocycles. The molecule has 0 bridgehead atoms. The Balaban J connectivity index is 1.72. The van der Waals surface area contributed by atoms with E-state index in [2.05, 4.69) is 15.6 Å². The van der Waals surface area contributed by atoms with Crippen LogP contribution in [0.3, 0.4) is 0 Å². The number of hydrogen-bond donors (Lipinski definition) is 2. The Morgan fingerprint density at radius 3 is 2.88 bits per heavy atom. The summed E-state index contributed by atoms with van der Waals surface area (Å²) in [5.74, 6) is 1.26. The van der Waals surface area contributed by atoms with Crippen molar-refractivity contribution in [2.75, 3.05) is 11.9 Å². The average molecular weight is 325 g/mol. The minimum Gasteiger partial charge on any atom is -0.439 e. The van der Waals surface area contributed by atoms with Crippen LogP contribution < -0.4 is 15.4 Å². The van der Waals surface area contributed by atoms with Crippen LogP contribution in [-0.4, -0.2) is 23.5 Å². The molecular weight excluding hydrogens is 302 g/mol. The van der Waals surface area contributed by atoms with Gasteiger partial charge in [-0.3, -0.25) is 4.79 Å². The van der Waals surface area contributed by atoms with E-state index in [4.69, 9.17) is 4.74 Å². The molecule has 1 aliphatic heterocycles. The van der Waals surface area contributed by atoms with Crippen LogP contribution in [-0.2, 0) is 4.79 Å². The molecule has 0 spiro atoms. The Hall–Kier alpha value is -2.40. The van der Waals surface area contributed by atoms with Crippen LogP contribution >= 0.6 is 0 Å². The quantitative estimate of drug-likeness (QED) is 0.902. The number of hydrogen-bond acceptors (Lipinski definition) is 4. The van der Waals surface area contributed by atoms with Crippen LogP contribution in [0.4, 0.5) is 5.69 Å². The molecule has 1 saturated heterocycles. The van der Waals surface area contributed by atoms with Gasteiger partial charge in [0.1, 0.15) is 5.75 Å². The number of ether oxygens (including phenoxy) is 1. The third-order valence-corrected chi connectivity index (χ3v) is 4.19. The lowest BCUT2D eigenvalue weighted by molar-refractivity contribution is -0.118. The monoisotopic (exact) mass is 325 g/mol. The molecule has 5 nitrogen and oxygen atoms in total. The van der Waals surface area contributed by atoms with Crippen molar-refractivity contribution in [2.24, 2.45) is 0 Å². The Kier molecular flexibility index (Phi) is 5.11. The maximum atomic E-state index is 12.3. The van der Waals surface area contributed by atoms with Gasteiger partial charge in [0.15, 0.2) is 0 Å². The van der Waals surface area contributed by atoms with Crippen LogP contribution in [0, 0.1) is 13.8 Å². The van der Waals surface area contributed by atoms with Gasteiger partial charge in [0.2, 0.25) is 11.8 Å². The number of aromatic nitrogens is 1. The SMILES string of the molecule is Cc1ccnc(Oc2cc(NC(=O)[C@H]3CCCCN3)ccc2C)c1. The first-order valence-corrected chi connectivity index (χ1v) is 8.37. The number of nitrogens with zero attached hydrogens (tertiary/aromatic N) is 1. The summed E-state index contributed by atoms with van der Waals surface area (Å²) in [7, 11) is 0. The summed E-state index contributed by atoms with van der Waals surface area (Å²) in [6.45, 7) is 4.87. The normalized spacial score (nSPS) is 17.3. The number of pyridine rings is 1. The minimum absolute atomic E-state index is 0.0122. The number of nitrogens with one attached hydrogen (secondary N) is 2. The highest BCUT2D eigenvalue weighted by Crippen LogP contribution is 2.27. The van der Waals surface area contributed by atoms with E-state index in [0.29, 0.717) is 11.6 Å². The molecule has 0 unspecified atom stereocenters. The molecule has 1 atom stereocenters. The highest BCUT2D eigenvalue weighted by Gasteiger charge is 2.20. The van der Waals surface area contributed by atoms with Crippen molar-refractivity contribution in [3.05, 3.63) is 47.7 Å². The standard InChI is InChI=1S/C19H23N3O2/c1-13-8-10-21-18(11-13)24-17-12-15(7-6-14(17)2)22-19(23)16-5-3-4-9-20-16/h6-8,10-12,16,20H,3-5,9H2,1-2H3,(H,22,23)/t16-/m1/s1. The molecule has 0 radical (unpaired) electrons. The second kappa shape index (κ2) is 7.45. The van der Waals surface area contributed by atoms with E-state index in [0.717, 1.165) is 42.6 Å². The van der Waals surface area contributed by atoms with Gasteiger partial charge in [-0.2, -0.15) is 0 Å². The lowest BCUT2D eigenvalue weighted by atomic mass is 10.0. The Morgan fingerprint density at radius 1 is 1.25 bits per heavy atom. The fourth-order valence-electron chi connectivity index (χ4n) is 2.77. The lowest BCUT2D eigenvalue weighted by Gasteiger charge is -2.22. The summed E-state index contributed by atoms with van der Waals surface area (Å²) in [6, 6.07) is 9.38. The molecule has 24 heavy (non-hydrogen) atoms. The van der Waals surface area contributed by atoms with Gasteiger partial charge in [0.05, 0.1) is 6.04 Å². The summed E-state index contributed by atoms with van der Waals surface area (Å²) in [5.41, 5.74) is 2.82. The van der Waals surface area contributed by atoms with E-state index in [1.54, 1.807) is 6.20 Å². The largest absolute Gasteiger partial charge is 0.439 e. The molecule has 1 amide bonds. The zero-order chi connectivity index (χ0) is 16.9. The smallest absolute Gasteiger partial charge is 0.241 e. The van der Waals surface area contributed by atoms with Gasteiger partial charge in [-0.05, 0) is 56.5 Å². The number of anilines is 1. The van der Waals surface area contributed by atoms with Crippen LogP contribution in [0.25, 0.3) is 0 Å². The number of rotatable bonds is 4. The van der Waals surface area contributed by atoms with Gasteiger partial charge in [0.25, 0.3) is 0 Å². The van der Waals surface area contributed by atoms with Crippen LogP contribution in [0.2, 0.25) is 0 Å². The molecular formula is C19H23N3O2. The number of aryl methyl sites for hydroxylation is 2. The van der Waals surface area contributed by atoms with Gasteiger partial charge in [-0.15, -0.1) is 0 Å². The Labute approximate surface area is 142 Å². The molecule has 1 aromatic carbocycles. The third kappa shape index (κ3) is 4.11. The predicted octanol–water partition coefficient (Wildman–Crippen LogP) is 3.57. The molecule has 1 fully saturated rings. The van der Waals surface area contributed by atoms with Crippen molar-refractivity contribution < 1.29 is 9.53 Å². The molecule has 2 aromatic rings. The summed E-state index contributed by atoms with van der Waals surface area (Å²) in [4.78, 5) is 16.6. The molecule has 0 aliphatic carbocycles. The van der Waals surface area contributed by atoms with Gasteiger partial charge in [-0.25, -0.2) is 4.98 Å². The third-order valence-electron chi connectivity index (χ3n) is 4.19. The zero-order valence-electron chi connectivity index (χ0n) is 14.1. The van der Waals surface area contributed by atoms with Crippen molar-refractivity contribution in [1.29, 1.82) is 0 Å². The van der Waals surface area contributed by atoms with Gasteiger partial charge >= 0.3 is 0 Å². The molecule has 2 N–H and O–H groups in total. The number of carbonyl (C=O) groups excluding carboxylic acids is 1. The molecule has 5 heteroatoms. The number of piperidine rings is 1. The van der Waals surface area contributed by atoms with E-state index in [-0.39, 0.29) is 11.9 Å². The fourth-order valence-corrected chi connectivity index (χ4v) is 2.77. The molecule has 1 aliphatic rings. The fraction of sp³-hybridized carbons (Fsp3) is 0.368. The van der Waals surface area contributed by atoms with Crippen molar-refractivity contribution in [3.63, 3.8) is 0 Å². The second-order valence-electron chi connectivity index (χ2n) is 6.25. The van der Waals surface area contributed by atoms with E-state index in [1.165, 1.54) is 0 Å². The van der Waals surface area contributed by atoms with Crippen LogP contribution in [0.1, 0.15) is 30.4 Å². The maximum Gasteiger partial charge on any atom is 0.241 e. The average Bonchev–Trinajstić information content (AvgIpc) is 2.59. The van der Waals surface area contributed by atoms with Crippen molar-refractivity contribution in [3.8, 4) is 11.6 Å². The summed E-state index contributed by atoms with van der Waals surface area (Å²) >= 11 is 0. The first kappa shape index (κ1) is 16.5. The highest BCUT2D eigenvalue weighted by molar-refractivity contribution is 5.95. The number of carbonyl (C=O) groups is 1. The van der Waals surface area contributed by atoms with Crippen molar-refractivity contribution >= 4 is 11.6 Å². The van der Waals surface area contributed by atoms with E-state index < -0.39 is 0 Å². The van der Waals surface area contributed by atoms with E-state index in [1.807, 2.05) is 44.2 Å². The molecule has 0 saturated carbocycles. The summed E-state index contributed by atoms with van der Waals surface area (Å²) < 4.78 is 5.88. The molecule has 2 heterocycles.